The molecule has 0 rings (SSSR count). The van der Waals surface area contributed by atoms with Crippen LogP contribution in [0.25, 0.3) is 0 Å². The zero-order valence-electron chi connectivity index (χ0n) is 19.3. The van der Waals surface area contributed by atoms with E-state index in [1.807, 2.05) is 20.8 Å². The van der Waals surface area contributed by atoms with E-state index < -0.39 is 5.60 Å². The molecule has 0 aliphatic rings. The zero-order valence-corrected chi connectivity index (χ0v) is 19.3. The van der Waals surface area contributed by atoms with Crippen molar-refractivity contribution in [2.24, 2.45) is 5.92 Å². The number of rotatable bonds is 4. The number of aliphatic hydroxyl groups is 6. The van der Waals surface area contributed by atoms with Crippen molar-refractivity contribution in [2.75, 3.05) is 26.4 Å². The van der Waals surface area contributed by atoms with Crippen LogP contribution in [0.2, 0.25) is 0 Å². The van der Waals surface area contributed by atoms with Crippen LogP contribution in [0.3, 0.4) is 0 Å². The summed E-state index contributed by atoms with van der Waals surface area (Å²) >= 11 is 0. The Kier molecular flexibility index (Phi) is 61.8. The molecule has 0 amide bonds. The van der Waals surface area contributed by atoms with E-state index in [0.29, 0.717) is 25.7 Å². The van der Waals surface area contributed by atoms with E-state index in [4.69, 9.17) is 30.6 Å². The van der Waals surface area contributed by atoms with Crippen molar-refractivity contribution in [3.63, 3.8) is 0 Å². The summed E-state index contributed by atoms with van der Waals surface area (Å²) in [4.78, 5) is 0. The fourth-order valence-corrected chi connectivity index (χ4v) is 0.158. The molecule has 0 aromatic heterocycles. The van der Waals surface area contributed by atoms with Crippen LogP contribution >= 0.6 is 0 Å². The van der Waals surface area contributed by atoms with Crippen molar-refractivity contribution in [3.8, 4) is 0 Å². The van der Waals surface area contributed by atoms with Gasteiger partial charge in [0.2, 0.25) is 0 Å². The summed E-state index contributed by atoms with van der Waals surface area (Å²) in [5.74, 6) is 0.440. The van der Waals surface area contributed by atoms with Crippen molar-refractivity contribution < 1.29 is 30.6 Å². The maximum absolute atomic E-state index is 8.52. The molecule has 6 N–H and O–H groups in total. The SMILES string of the molecule is CC(C)(C)O.CC(C)CO.CC(C)O.CCCCO.CCCO.CCO. The minimum Gasteiger partial charge on any atom is -0.397 e. The topological polar surface area (TPSA) is 121 Å². The summed E-state index contributed by atoms with van der Waals surface area (Å²) in [6, 6.07) is 0. The van der Waals surface area contributed by atoms with E-state index in [0.717, 1.165) is 19.3 Å². The summed E-state index contributed by atoms with van der Waals surface area (Å²) in [7, 11) is 0. The summed E-state index contributed by atoms with van der Waals surface area (Å²) in [5, 5.41) is 48.2. The molecule has 0 heterocycles. The van der Waals surface area contributed by atoms with Gasteiger partial charge < -0.3 is 30.6 Å². The Morgan fingerprint density at radius 1 is 0.731 bits per heavy atom. The first-order valence-electron chi connectivity index (χ1n) is 9.59. The Balaban J connectivity index is -0.0000000466. The molecule has 0 fully saturated rings. The smallest absolute Gasteiger partial charge is 0.0563 e. The van der Waals surface area contributed by atoms with Gasteiger partial charge in [-0.05, 0) is 60.3 Å². The number of aliphatic hydroxyl groups excluding tert-OH is 5. The average molecular weight is 389 g/mol. The van der Waals surface area contributed by atoms with Crippen molar-refractivity contribution in [1.29, 1.82) is 0 Å². The molecular weight excluding hydrogens is 336 g/mol. The standard InChI is InChI=1S/3C4H10O.2C3H8O.C2H6O/c1-4(2,3)5;1-4(2)3-5;1-2-3-4-5;1-3(2)4;1-2-3-4;1-2-3/h5H,1-3H3;4-5H,3H2,1-2H3;5H,2-4H2,1H3;3-4H,1-2H3;4H,2-3H2,1H3;3H,2H2,1H3. The van der Waals surface area contributed by atoms with Crippen LogP contribution < -0.4 is 0 Å². The molecule has 26 heavy (non-hydrogen) atoms. The first kappa shape index (κ1) is 40.4. The Hall–Kier alpha value is -0.240. The van der Waals surface area contributed by atoms with Crippen molar-refractivity contribution in [2.45, 2.75) is 100 Å². The lowest BCUT2D eigenvalue weighted by atomic mass is 10.2. The van der Waals surface area contributed by atoms with Gasteiger partial charge in [0.25, 0.3) is 0 Å². The molecule has 0 aromatic carbocycles. The predicted molar refractivity (Wildman–Crippen MR) is 113 cm³/mol. The highest BCUT2D eigenvalue weighted by Crippen LogP contribution is 1.93. The zero-order chi connectivity index (χ0) is 22.6. The van der Waals surface area contributed by atoms with Crippen LogP contribution in [0.15, 0.2) is 0 Å². The largest absolute Gasteiger partial charge is 0.397 e. The molecule has 0 aliphatic heterocycles. The van der Waals surface area contributed by atoms with Crippen molar-refractivity contribution in [1.82, 2.24) is 0 Å². The second kappa shape index (κ2) is 39.7. The molecule has 6 nitrogen and oxygen atoms in total. The molecule has 6 heteroatoms. The normalized spacial score (nSPS) is 9.00. The molecule has 0 saturated heterocycles. The van der Waals surface area contributed by atoms with Crippen LogP contribution in [-0.2, 0) is 0 Å². The van der Waals surface area contributed by atoms with E-state index >= 15 is 0 Å². The lowest BCUT2D eigenvalue weighted by Gasteiger charge is -2.04. The second-order valence-electron chi connectivity index (χ2n) is 6.96. The van der Waals surface area contributed by atoms with E-state index in [2.05, 4.69) is 6.92 Å². The minimum atomic E-state index is -0.500. The molecule has 0 aliphatic carbocycles. The highest BCUT2D eigenvalue weighted by atomic mass is 16.3. The third-order valence-corrected chi connectivity index (χ3v) is 1.10. The van der Waals surface area contributed by atoms with Gasteiger partial charge >= 0.3 is 0 Å². The fraction of sp³-hybridized carbons (Fsp3) is 1.00. The predicted octanol–water partition coefficient (Wildman–Crippen LogP) is 2.97. The molecule has 0 saturated carbocycles. The quantitative estimate of drug-likeness (QED) is 0.440. The lowest BCUT2D eigenvalue weighted by molar-refractivity contribution is 0.102. The maximum Gasteiger partial charge on any atom is 0.0563 e. The lowest BCUT2D eigenvalue weighted by Crippen LogP contribution is -2.10. The van der Waals surface area contributed by atoms with Crippen LogP contribution in [0.1, 0.15) is 88.5 Å². The molecule has 0 aromatic rings. The summed E-state index contributed by atoms with van der Waals surface area (Å²) < 4.78 is 0. The van der Waals surface area contributed by atoms with Gasteiger partial charge in [-0.3, -0.25) is 0 Å². The summed E-state index contributed by atoms with van der Waals surface area (Å²) in [6.07, 6.45) is 2.75. The fourth-order valence-electron chi connectivity index (χ4n) is 0.158. The van der Waals surface area contributed by atoms with Gasteiger partial charge in [-0.1, -0.05) is 34.1 Å². The van der Waals surface area contributed by atoms with Gasteiger partial charge in [-0.15, -0.1) is 0 Å². The van der Waals surface area contributed by atoms with Crippen LogP contribution in [-0.4, -0.2) is 68.8 Å². The molecule has 0 atom stereocenters. The van der Waals surface area contributed by atoms with Crippen LogP contribution in [0.4, 0.5) is 0 Å². The first-order valence-corrected chi connectivity index (χ1v) is 9.59. The average Bonchev–Trinajstić information content (AvgIpc) is 2.47. The third kappa shape index (κ3) is 543. The molecule has 0 unspecified atom stereocenters. The van der Waals surface area contributed by atoms with E-state index in [-0.39, 0.29) is 12.7 Å². The number of unbranched alkanes of at least 4 members (excludes halogenated alkanes) is 1. The van der Waals surface area contributed by atoms with Gasteiger partial charge in [-0.2, -0.15) is 0 Å². The molecule has 0 bridgehead atoms. The summed E-state index contributed by atoms with van der Waals surface area (Å²) in [6.45, 7) is 19.5. The maximum atomic E-state index is 8.52. The second-order valence-corrected chi connectivity index (χ2v) is 6.96. The van der Waals surface area contributed by atoms with E-state index in [1.54, 1.807) is 41.5 Å². The van der Waals surface area contributed by atoms with Crippen molar-refractivity contribution >= 4 is 0 Å². The molecule has 168 valence electrons. The van der Waals surface area contributed by atoms with E-state index in [9.17, 15) is 0 Å². The van der Waals surface area contributed by atoms with Gasteiger partial charge in [-0.25, -0.2) is 0 Å². The number of hydrogen-bond donors (Lipinski definition) is 6. The van der Waals surface area contributed by atoms with Crippen LogP contribution in [0.5, 0.6) is 0 Å². The van der Waals surface area contributed by atoms with Crippen LogP contribution in [0, 0.1) is 5.92 Å². The van der Waals surface area contributed by atoms with E-state index in [1.165, 1.54) is 0 Å². The monoisotopic (exact) mass is 388 g/mol. The van der Waals surface area contributed by atoms with Gasteiger partial charge in [0, 0.05) is 32.5 Å². The van der Waals surface area contributed by atoms with Gasteiger partial charge in [0.05, 0.1) is 5.60 Å². The first-order chi connectivity index (χ1) is 11.7. The number of hydrogen-bond acceptors (Lipinski definition) is 6. The van der Waals surface area contributed by atoms with Gasteiger partial charge in [0.1, 0.15) is 0 Å². The summed E-state index contributed by atoms with van der Waals surface area (Å²) in [5.41, 5.74) is -0.500. The van der Waals surface area contributed by atoms with Gasteiger partial charge in [0.15, 0.2) is 0 Å². The Morgan fingerprint density at radius 3 is 0.923 bits per heavy atom. The third-order valence-electron chi connectivity index (χ3n) is 1.10. The molecular formula is C20H52O6. The Bertz CT molecular complexity index is 155. The Labute approximate surface area is 163 Å². The molecule has 0 radical (unpaired) electrons. The Morgan fingerprint density at radius 2 is 0.923 bits per heavy atom. The minimum absolute atomic E-state index is 0.167. The highest BCUT2D eigenvalue weighted by molar-refractivity contribution is 4.50. The molecule has 0 spiro atoms. The highest BCUT2D eigenvalue weighted by Gasteiger charge is 1.97. The van der Waals surface area contributed by atoms with Crippen molar-refractivity contribution in [3.05, 3.63) is 0 Å².